The largest absolute Gasteiger partial charge is 0.472 e. The molecule has 0 aromatic rings. The predicted octanol–water partition coefficient (Wildman–Crippen LogP) is 12.0. The molecule has 3 amide bonds. The molecule has 1 saturated heterocycles. The number of esters is 2. The van der Waals surface area contributed by atoms with E-state index < -0.39 is 32.5 Å². The normalized spacial score (nSPS) is 14.3. The number of hydrogen-bond acceptors (Lipinski definition) is 11. The third-order valence-corrected chi connectivity index (χ3v) is 12.7. The number of nitrogens with one attached hydrogen (secondary N) is 1. The van der Waals surface area contributed by atoms with Crippen LogP contribution < -0.4 is 5.32 Å². The Morgan fingerprint density at radius 1 is 0.582 bits per heavy atom. The van der Waals surface area contributed by atoms with E-state index in [9.17, 15) is 38.2 Å². The molecule has 0 aromatic carbocycles. The Hall–Kier alpha value is -3.19. The topological polar surface area (TPSA) is 192 Å². The number of unbranched alkanes of at least 4 members (excludes halogenated alkanes) is 23. The zero-order valence-electron chi connectivity index (χ0n) is 41.8. The molecule has 0 radical (unpaired) electrons. The van der Waals surface area contributed by atoms with Crippen molar-refractivity contribution in [2.45, 2.75) is 238 Å². The smallest absolute Gasteiger partial charge is 0.462 e. The molecule has 0 spiro atoms. The summed E-state index contributed by atoms with van der Waals surface area (Å²) in [5, 5.41) is 2.57. The van der Waals surface area contributed by atoms with E-state index in [0.29, 0.717) is 25.7 Å². The highest BCUT2D eigenvalue weighted by atomic mass is 31.2. The van der Waals surface area contributed by atoms with Crippen molar-refractivity contribution in [3.63, 3.8) is 0 Å². The number of rotatable bonds is 47. The summed E-state index contributed by atoms with van der Waals surface area (Å²) in [7, 11) is -4.64. The molecule has 0 bridgehead atoms. The molecule has 1 aliphatic heterocycles. The lowest BCUT2D eigenvalue weighted by molar-refractivity contribution is -0.161. The second-order valence-corrected chi connectivity index (χ2v) is 19.5. The molecular formula is C52H91N2O12P. The molecule has 1 heterocycles. The Morgan fingerprint density at radius 3 is 1.52 bits per heavy atom. The number of allylic oxidation sites excluding steroid dienone is 4. The second kappa shape index (κ2) is 42.9. The number of ether oxygens (including phenoxy) is 2. The lowest BCUT2D eigenvalue weighted by atomic mass is 10.1. The number of hydrogen-bond donors (Lipinski definition) is 2. The van der Waals surface area contributed by atoms with Gasteiger partial charge in [-0.2, -0.15) is 0 Å². The molecule has 2 N–H and O–H groups in total. The van der Waals surface area contributed by atoms with E-state index >= 15 is 0 Å². The van der Waals surface area contributed by atoms with Crippen LogP contribution in [0.5, 0.6) is 0 Å². The zero-order valence-corrected chi connectivity index (χ0v) is 42.7. The van der Waals surface area contributed by atoms with Crippen molar-refractivity contribution in [1.29, 1.82) is 0 Å². The monoisotopic (exact) mass is 967 g/mol. The molecule has 14 nitrogen and oxygen atoms in total. The lowest BCUT2D eigenvalue weighted by Crippen LogP contribution is -2.34. The van der Waals surface area contributed by atoms with Crippen molar-refractivity contribution in [1.82, 2.24) is 10.2 Å². The van der Waals surface area contributed by atoms with Crippen LogP contribution in [-0.2, 0) is 51.9 Å². The van der Waals surface area contributed by atoms with Crippen LogP contribution in [0.15, 0.2) is 24.3 Å². The van der Waals surface area contributed by atoms with Gasteiger partial charge in [-0.1, -0.05) is 141 Å². The number of carbonyl (C=O) groups is 6. The van der Waals surface area contributed by atoms with Gasteiger partial charge in [0.05, 0.1) is 19.8 Å². The van der Waals surface area contributed by atoms with Crippen molar-refractivity contribution in [2.75, 3.05) is 32.9 Å². The molecule has 1 rings (SSSR count). The number of likely N-dealkylation sites (tertiary alicyclic amines) is 1. The number of Topliss-reactive ketones (excluding diaryl/α,β-unsaturated/α-hetero) is 1. The maximum Gasteiger partial charge on any atom is 0.472 e. The highest BCUT2D eigenvalue weighted by molar-refractivity contribution is 7.47. The Morgan fingerprint density at radius 2 is 1.01 bits per heavy atom. The summed E-state index contributed by atoms with van der Waals surface area (Å²) in [6.07, 6.45) is 39.2. The molecule has 0 saturated carbocycles. The summed E-state index contributed by atoms with van der Waals surface area (Å²) < 4.78 is 33.8. The molecule has 386 valence electrons. The van der Waals surface area contributed by atoms with Gasteiger partial charge in [0, 0.05) is 45.1 Å². The summed E-state index contributed by atoms with van der Waals surface area (Å²) in [4.78, 5) is 84.5. The van der Waals surface area contributed by atoms with Gasteiger partial charge >= 0.3 is 19.8 Å². The van der Waals surface area contributed by atoms with Crippen LogP contribution in [0, 0.1) is 0 Å². The fourth-order valence-corrected chi connectivity index (χ4v) is 8.37. The Kier molecular flexibility index (Phi) is 39.6. The van der Waals surface area contributed by atoms with E-state index in [1.54, 1.807) is 0 Å². The van der Waals surface area contributed by atoms with Crippen molar-refractivity contribution < 1.29 is 56.7 Å². The average molecular weight is 967 g/mol. The van der Waals surface area contributed by atoms with Gasteiger partial charge in [0.2, 0.25) is 17.7 Å². The van der Waals surface area contributed by atoms with Crippen molar-refractivity contribution in [3.8, 4) is 0 Å². The first-order chi connectivity index (χ1) is 32.5. The molecule has 1 fully saturated rings. The van der Waals surface area contributed by atoms with E-state index in [4.69, 9.17) is 18.5 Å². The zero-order chi connectivity index (χ0) is 49.1. The summed E-state index contributed by atoms with van der Waals surface area (Å²) in [5.74, 6) is -2.26. The minimum absolute atomic E-state index is 0.0901. The summed E-state index contributed by atoms with van der Waals surface area (Å²) >= 11 is 0. The molecule has 1 aliphatic rings. The second-order valence-electron chi connectivity index (χ2n) is 18.0. The van der Waals surface area contributed by atoms with E-state index in [1.807, 2.05) is 0 Å². The number of carbonyl (C=O) groups excluding carboxylic acids is 6. The van der Waals surface area contributed by atoms with Gasteiger partial charge < -0.3 is 19.7 Å². The Bertz CT molecular complexity index is 1440. The van der Waals surface area contributed by atoms with Crippen LogP contribution >= 0.6 is 7.82 Å². The number of phosphoric acid groups is 1. The summed E-state index contributed by atoms with van der Waals surface area (Å²) in [6.45, 7) is 2.92. The third-order valence-electron chi connectivity index (χ3n) is 11.7. The van der Waals surface area contributed by atoms with E-state index in [1.165, 1.54) is 77.0 Å². The van der Waals surface area contributed by atoms with Crippen molar-refractivity contribution in [2.24, 2.45) is 0 Å². The number of phosphoric ester groups is 1. The van der Waals surface area contributed by atoms with Gasteiger partial charge in [-0.15, -0.1) is 0 Å². The summed E-state index contributed by atoms with van der Waals surface area (Å²) in [6, 6.07) is 0. The SMILES string of the molecule is CCCCCCCC/C=C\CCCCCCCC(=O)OCC(COP(=O)(O)OCCNC(=O)CCCCC(=O)CN1C(=O)CCC1=O)OC(=O)CCCCCCC/C=C\CCCCCCCC. The molecule has 0 aliphatic carbocycles. The lowest BCUT2D eigenvalue weighted by Gasteiger charge is -2.20. The van der Waals surface area contributed by atoms with Crippen LogP contribution in [-0.4, -0.2) is 84.3 Å². The predicted molar refractivity (Wildman–Crippen MR) is 264 cm³/mol. The van der Waals surface area contributed by atoms with E-state index in [-0.39, 0.29) is 88.3 Å². The molecule has 2 atom stereocenters. The van der Waals surface area contributed by atoms with Gasteiger partial charge in [-0.05, 0) is 77.0 Å². The van der Waals surface area contributed by atoms with Gasteiger partial charge in [0.15, 0.2) is 11.9 Å². The molecule has 67 heavy (non-hydrogen) atoms. The van der Waals surface area contributed by atoms with Crippen LogP contribution in [0.3, 0.4) is 0 Å². The van der Waals surface area contributed by atoms with Gasteiger partial charge in [0.25, 0.3) is 0 Å². The van der Waals surface area contributed by atoms with Crippen LogP contribution in [0.4, 0.5) is 0 Å². The number of amides is 3. The molecule has 15 heteroatoms. The summed E-state index contributed by atoms with van der Waals surface area (Å²) in [5.41, 5.74) is 0. The minimum Gasteiger partial charge on any atom is -0.462 e. The van der Waals surface area contributed by atoms with Gasteiger partial charge in [-0.3, -0.25) is 42.7 Å². The molecular weight excluding hydrogens is 876 g/mol. The number of ketones is 1. The highest BCUT2D eigenvalue weighted by Gasteiger charge is 2.30. The number of nitrogens with zero attached hydrogens (tertiary/aromatic N) is 1. The quantitative estimate of drug-likeness (QED) is 0.0193. The van der Waals surface area contributed by atoms with Gasteiger partial charge in [0.1, 0.15) is 6.61 Å². The molecule has 2 unspecified atom stereocenters. The maximum absolute atomic E-state index is 12.8. The maximum atomic E-state index is 12.8. The van der Waals surface area contributed by atoms with Crippen molar-refractivity contribution in [3.05, 3.63) is 24.3 Å². The first-order valence-electron chi connectivity index (χ1n) is 26.4. The number of imide groups is 1. The first kappa shape index (κ1) is 61.8. The standard InChI is InChI=1S/C52H91N2O12P/c1-3-5-7-9-11-13-15-17-19-21-23-25-27-29-31-37-51(59)63-44-47(66-52(60)38-32-30-28-26-24-22-20-18-16-14-12-10-8-6-4-2)45-65-67(61,62)64-42-41-53-48(56)36-34-33-35-46(55)43-54-49(57)39-40-50(54)58/h17-20,47H,3-16,21-45H2,1-2H3,(H,53,56)(H,61,62)/b19-17-,20-18-. The fourth-order valence-electron chi connectivity index (χ4n) is 7.62. The highest BCUT2D eigenvalue weighted by Crippen LogP contribution is 2.43. The van der Waals surface area contributed by atoms with Gasteiger partial charge in [-0.25, -0.2) is 4.57 Å². The average Bonchev–Trinajstić information content (AvgIpc) is 3.62. The Balaban J connectivity index is 2.40. The Labute approximate surface area is 404 Å². The van der Waals surface area contributed by atoms with Crippen LogP contribution in [0.1, 0.15) is 232 Å². The molecule has 0 aromatic heterocycles. The first-order valence-corrected chi connectivity index (χ1v) is 27.9. The van der Waals surface area contributed by atoms with E-state index in [2.05, 4.69) is 43.5 Å². The minimum atomic E-state index is -4.64. The third kappa shape index (κ3) is 38.4. The van der Waals surface area contributed by atoms with Crippen LogP contribution in [0.2, 0.25) is 0 Å². The fraction of sp³-hybridized carbons (Fsp3) is 0.808. The van der Waals surface area contributed by atoms with Crippen molar-refractivity contribution >= 4 is 43.3 Å². The van der Waals surface area contributed by atoms with E-state index in [0.717, 1.165) is 81.9 Å². The van der Waals surface area contributed by atoms with Crippen LogP contribution in [0.25, 0.3) is 0 Å².